The average molecular weight is 258 g/mol. The third kappa shape index (κ3) is 2.80. The Bertz CT molecular complexity index is 571. The molecule has 2 aromatic rings. The lowest BCUT2D eigenvalue weighted by Gasteiger charge is -2.28. The highest BCUT2D eigenvalue weighted by Crippen LogP contribution is 2.19. The van der Waals surface area contributed by atoms with Crippen molar-refractivity contribution in [1.29, 1.82) is 0 Å². The molecule has 1 N–H and O–H groups in total. The Morgan fingerprint density at radius 2 is 1.95 bits per heavy atom. The van der Waals surface area contributed by atoms with Gasteiger partial charge in [0.2, 0.25) is 5.91 Å². The van der Waals surface area contributed by atoms with Crippen LogP contribution in [0.5, 0.6) is 0 Å². The molecule has 0 spiro atoms. The van der Waals surface area contributed by atoms with E-state index in [9.17, 15) is 4.79 Å². The zero-order valence-corrected chi connectivity index (χ0v) is 12.1. The predicted molar refractivity (Wildman–Crippen MR) is 79.1 cm³/mol. The van der Waals surface area contributed by atoms with E-state index in [1.54, 1.807) is 0 Å². The van der Waals surface area contributed by atoms with Crippen LogP contribution in [-0.4, -0.2) is 28.9 Å². The zero-order valence-electron chi connectivity index (χ0n) is 12.1. The Hall–Kier alpha value is -1.77. The molecule has 0 aliphatic rings. The molecule has 1 aromatic carbocycles. The van der Waals surface area contributed by atoms with Crippen LogP contribution in [0.3, 0.4) is 0 Å². The van der Waals surface area contributed by atoms with Crippen molar-refractivity contribution in [2.75, 3.05) is 7.05 Å². The minimum absolute atomic E-state index is 0.172. The average Bonchev–Trinajstić information content (AvgIpc) is 2.80. The van der Waals surface area contributed by atoms with Crippen LogP contribution < -0.4 is 0 Å². The molecule has 0 aliphatic carbocycles. The van der Waals surface area contributed by atoms with Crippen LogP contribution in [0.2, 0.25) is 0 Å². The molecular weight excluding hydrogens is 236 g/mol. The molecule has 19 heavy (non-hydrogen) atoms. The molecule has 3 heteroatoms. The lowest BCUT2D eigenvalue weighted by molar-refractivity contribution is -0.131. The van der Waals surface area contributed by atoms with Gasteiger partial charge in [-0.1, -0.05) is 32.0 Å². The summed E-state index contributed by atoms with van der Waals surface area (Å²) in [4.78, 5) is 17.4. The van der Waals surface area contributed by atoms with Gasteiger partial charge in [0.1, 0.15) is 0 Å². The van der Waals surface area contributed by atoms with Crippen LogP contribution in [-0.2, 0) is 11.2 Å². The van der Waals surface area contributed by atoms with Crippen molar-refractivity contribution >= 4 is 16.8 Å². The number of carbonyl (C=O) groups excluding carboxylic acids is 1. The molecule has 1 unspecified atom stereocenters. The van der Waals surface area contributed by atoms with E-state index in [-0.39, 0.29) is 11.9 Å². The standard InChI is InChI=1S/C16H22N2O/c1-11(2)12(3)18(4)16(19)9-13-10-17-15-8-6-5-7-14(13)15/h5-8,10-12,17H,9H2,1-4H3. The van der Waals surface area contributed by atoms with Gasteiger partial charge in [-0.2, -0.15) is 0 Å². The fourth-order valence-electron chi connectivity index (χ4n) is 2.24. The minimum Gasteiger partial charge on any atom is -0.361 e. The SMILES string of the molecule is CC(C)C(C)N(C)C(=O)Cc1c[nH]c2ccccc12. The number of para-hydroxylation sites is 1. The summed E-state index contributed by atoms with van der Waals surface area (Å²) < 4.78 is 0. The third-order valence-electron chi connectivity index (χ3n) is 3.99. The number of nitrogens with one attached hydrogen (secondary N) is 1. The second kappa shape index (κ2) is 5.47. The number of H-pyrrole nitrogens is 1. The van der Waals surface area contributed by atoms with Gasteiger partial charge < -0.3 is 9.88 Å². The number of nitrogens with zero attached hydrogens (tertiary/aromatic N) is 1. The van der Waals surface area contributed by atoms with Crippen molar-refractivity contribution in [2.45, 2.75) is 33.2 Å². The van der Waals surface area contributed by atoms with Crippen LogP contribution in [0, 0.1) is 5.92 Å². The normalized spacial score (nSPS) is 12.9. The number of likely N-dealkylation sites (N-methyl/N-ethyl adjacent to an activating group) is 1. The number of benzene rings is 1. The maximum absolute atomic E-state index is 12.3. The highest BCUT2D eigenvalue weighted by molar-refractivity contribution is 5.88. The molecule has 0 bridgehead atoms. The Balaban J connectivity index is 2.15. The number of amides is 1. The Labute approximate surface area is 114 Å². The summed E-state index contributed by atoms with van der Waals surface area (Å²) in [6.45, 7) is 6.37. The summed E-state index contributed by atoms with van der Waals surface area (Å²) in [6.07, 6.45) is 2.40. The van der Waals surface area contributed by atoms with Crippen LogP contribution in [0.15, 0.2) is 30.5 Å². The fraction of sp³-hybridized carbons (Fsp3) is 0.438. The maximum atomic E-state index is 12.3. The topological polar surface area (TPSA) is 36.1 Å². The van der Waals surface area contributed by atoms with Crippen molar-refractivity contribution in [1.82, 2.24) is 9.88 Å². The molecule has 3 nitrogen and oxygen atoms in total. The van der Waals surface area contributed by atoms with E-state index in [1.807, 2.05) is 36.3 Å². The Morgan fingerprint density at radius 1 is 1.26 bits per heavy atom. The number of carbonyl (C=O) groups is 1. The summed E-state index contributed by atoms with van der Waals surface area (Å²) >= 11 is 0. The van der Waals surface area contributed by atoms with Gasteiger partial charge in [-0.15, -0.1) is 0 Å². The van der Waals surface area contributed by atoms with E-state index in [2.05, 4.69) is 31.8 Å². The second-order valence-corrected chi connectivity index (χ2v) is 5.53. The van der Waals surface area contributed by atoms with E-state index < -0.39 is 0 Å². The molecule has 0 fully saturated rings. The van der Waals surface area contributed by atoms with Crippen molar-refractivity contribution in [2.24, 2.45) is 5.92 Å². The van der Waals surface area contributed by atoms with Crippen molar-refractivity contribution in [3.8, 4) is 0 Å². The van der Waals surface area contributed by atoms with Crippen molar-refractivity contribution < 1.29 is 4.79 Å². The van der Waals surface area contributed by atoms with E-state index in [4.69, 9.17) is 0 Å². The summed E-state index contributed by atoms with van der Waals surface area (Å²) in [7, 11) is 1.89. The number of aromatic amines is 1. The van der Waals surface area contributed by atoms with E-state index in [0.29, 0.717) is 12.3 Å². The van der Waals surface area contributed by atoms with Crippen molar-refractivity contribution in [3.63, 3.8) is 0 Å². The van der Waals surface area contributed by atoms with Gasteiger partial charge in [-0.05, 0) is 24.5 Å². The summed E-state index contributed by atoms with van der Waals surface area (Å²) in [5.41, 5.74) is 2.16. The lowest BCUT2D eigenvalue weighted by Crippen LogP contribution is -2.39. The van der Waals surface area contributed by atoms with Crippen LogP contribution >= 0.6 is 0 Å². The molecule has 0 aliphatic heterocycles. The largest absolute Gasteiger partial charge is 0.361 e. The van der Waals surface area contributed by atoms with Gasteiger partial charge in [0, 0.05) is 30.2 Å². The van der Waals surface area contributed by atoms with Crippen LogP contribution in [0.25, 0.3) is 10.9 Å². The minimum atomic E-state index is 0.172. The number of rotatable bonds is 4. The summed E-state index contributed by atoms with van der Waals surface area (Å²) in [6, 6.07) is 8.35. The quantitative estimate of drug-likeness (QED) is 0.898. The number of fused-ring (bicyclic) bond motifs is 1. The Kier molecular flexibility index (Phi) is 3.93. The first kappa shape index (κ1) is 13.7. The Morgan fingerprint density at radius 3 is 2.63 bits per heavy atom. The van der Waals surface area contributed by atoms with E-state index in [1.165, 1.54) is 0 Å². The molecular formula is C16H22N2O. The summed E-state index contributed by atoms with van der Waals surface area (Å²) in [5, 5.41) is 1.14. The number of aromatic nitrogens is 1. The van der Waals surface area contributed by atoms with Gasteiger partial charge in [-0.3, -0.25) is 4.79 Å². The second-order valence-electron chi connectivity index (χ2n) is 5.53. The fourth-order valence-corrected chi connectivity index (χ4v) is 2.24. The lowest BCUT2D eigenvalue weighted by atomic mass is 10.0. The van der Waals surface area contributed by atoms with Gasteiger partial charge >= 0.3 is 0 Å². The maximum Gasteiger partial charge on any atom is 0.227 e. The van der Waals surface area contributed by atoms with Gasteiger partial charge in [0.05, 0.1) is 6.42 Å². The monoisotopic (exact) mass is 258 g/mol. The van der Waals surface area contributed by atoms with Gasteiger partial charge in [0.25, 0.3) is 0 Å². The van der Waals surface area contributed by atoms with E-state index in [0.717, 1.165) is 16.5 Å². The molecule has 1 amide bonds. The molecule has 1 aromatic heterocycles. The van der Waals surface area contributed by atoms with E-state index >= 15 is 0 Å². The molecule has 102 valence electrons. The van der Waals surface area contributed by atoms with Gasteiger partial charge in [0.15, 0.2) is 0 Å². The molecule has 0 radical (unpaired) electrons. The smallest absolute Gasteiger partial charge is 0.227 e. The number of hydrogen-bond acceptors (Lipinski definition) is 1. The van der Waals surface area contributed by atoms with Crippen molar-refractivity contribution in [3.05, 3.63) is 36.0 Å². The molecule has 2 rings (SSSR count). The van der Waals surface area contributed by atoms with Gasteiger partial charge in [-0.25, -0.2) is 0 Å². The molecule has 1 atom stereocenters. The first-order valence-electron chi connectivity index (χ1n) is 6.81. The molecule has 1 heterocycles. The first-order chi connectivity index (χ1) is 9.00. The highest BCUT2D eigenvalue weighted by atomic mass is 16.2. The van der Waals surface area contributed by atoms with Crippen LogP contribution in [0.1, 0.15) is 26.3 Å². The molecule has 0 saturated heterocycles. The molecule has 0 saturated carbocycles. The zero-order chi connectivity index (χ0) is 14.0. The first-order valence-corrected chi connectivity index (χ1v) is 6.81. The summed E-state index contributed by atoms with van der Waals surface area (Å²) in [5.74, 6) is 0.642. The number of hydrogen-bond donors (Lipinski definition) is 1. The van der Waals surface area contributed by atoms with Crippen LogP contribution in [0.4, 0.5) is 0 Å². The third-order valence-corrected chi connectivity index (χ3v) is 3.99. The predicted octanol–water partition coefficient (Wildman–Crippen LogP) is 3.21. The highest BCUT2D eigenvalue weighted by Gasteiger charge is 2.19.